The summed E-state index contributed by atoms with van der Waals surface area (Å²) >= 11 is 0. The van der Waals surface area contributed by atoms with Gasteiger partial charge in [-0.25, -0.2) is 0 Å². The molecule has 0 amide bonds. The summed E-state index contributed by atoms with van der Waals surface area (Å²) in [4.78, 5) is 13.9. The van der Waals surface area contributed by atoms with Gasteiger partial charge in [0.25, 0.3) is 0 Å². The van der Waals surface area contributed by atoms with E-state index in [9.17, 15) is 4.79 Å². The van der Waals surface area contributed by atoms with Crippen molar-refractivity contribution < 1.29 is 4.79 Å². The van der Waals surface area contributed by atoms with Crippen LogP contribution in [0.15, 0.2) is 30.3 Å². The quantitative estimate of drug-likeness (QED) is 0.770. The summed E-state index contributed by atoms with van der Waals surface area (Å²) < 4.78 is 0. The molecule has 16 heavy (non-hydrogen) atoms. The van der Waals surface area contributed by atoms with Crippen LogP contribution in [0, 0.1) is 5.92 Å². The molecule has 2 fully saturated rings. The summed E-state index contributed by atoms with van der Waals surface area (Å²) in [6.07, 6.45) is 3.43. The second-order valence-electron chi connectivity index (χ2n) is 5.04. The molecular formula is C14H17NO. The van der Waals surface area contributed by atoms with Crippen LogP contribution in [0.3, 0.4) is 0 Å². The highest BCUT2D eigenvalue weighted by Gasteiger charge is 2.40. The normalized spacial score (nSPS) is 26.2. The van der Waals surface area contributed by atoms with Crippen molar-refractivity contribution in [2.75, 3.05) is 6.54 Å². The summed E-state index contributed by atoms with van der Waals surface area (Å²) in [5.41, 5.74) is 1.32. The molecule has 0 N–H and O–H groups in total. The van der Waals surface area contributed by atoms with Crippen molar-refractivity contribution in [1.82, 2.24) is 4.90 Å². The minimum atomic E-state index is 0.424. The molecule has 2 heteroatoms. The number of likely N-dealkylation sites (tertiary alicyclic amines) is 1. The van der Waals surface area contributed by atoms with Crippen LogP contribution in [0.2, 0.25) is 0 Å². The van der Waals surface area contributed by atoms with Gasteiger partial charge in [-0.15, -0.1) is 0 Å². The first-order chi connectivity index (χ1) is 7.83. The average molecular weight is 215 g/mol. The zero-order chi connectivity index (χ0) is 11.0. The van der Waals surface area contributed by atoms with Crippen LogP contribution < -0.4 is 0 Å². The summed E-state index contributed by atoms with van der Waals surface area (Å²) in [5.74, 6) is 1.22. The average Bonchev–Trinajstić information content (AvgIpc) is 3.06. The Morgan fingerprint density at radius 1 is 1.19 bits per heavy atom. The van der Waals surface area contributed by atoms with E-state index in [0.29, 0.717) is 18.4 Å². The molecule has 1 aromatic rings. The number of benzene rings is 1. The van der Waals surface area contributed by atoms with Crippen molar-refractivity contribution in [3.8, 4) is 0 Å². The first kappa shape index (κ1) is 10.0. The topological polar surface area (TPSA) is 20.3 Å². The van der Waals surface area contributed by atoms with Crippen LogP contribution in [0.1, 0.15) is 24.8 Å². The van der Waals surface area contributed by atoms with Gasteiger partial charge in [0, 0.05) is 19.0 Å². The van der Waals surface area contributed by atoms with E-state index in [0.717, 1.165) is 18.9 Å². The zero-order valence-corrected chi connectivity index (χ0v) is 9.43. The van der Waals surface area contributed by atoms with Crippen molar-refractivity contribution in [3.63, 3.8) is 0 Å². The molecule has 3 rings (SSSR count). The predicted molar refractivity (Wildman–Crippen MR) is 63.0 cm³/mol. The standard InChI is InChI=1S/C14H17NO/c16-13-8-14(12-6-7-12)15(10-13)9-11-4-2-1-3-5-11/h1-5,12,14H,6-10H2/t14-/m1/s1. The third-order valence-electron chi connectivity index (χ3n) is 3.68. The van der Waals surface area contributed by atoms with Crippen molar-refractivity contribution in [1.29, 1.82) is 0 Å². The number of ketones is 1. The van der Waals surface area contributed by atoms with Gasteiger partial charge in [-0.3, -0.25) is 9.69 Å². The van der Waals surface area contributed by atoms with E-state index < -0.39 is 0 Å². The van der Waals surface area contributed by atoms with Crippen LogP contribution in [-0.2, 0) is 11.3 Å². The lowest BCUT2D eigenvalue weighted by Crippen LogP contribution is -2.30. The van der Waals surface area contributed by atoms with Gasteiger partial charge in [0.15, 0.2) is 0 Å². The van der Waals surface area contributed by atoms with Crippen LogP contribution >= 0.6 is 0 Å². The minimum Gasteiger partial charge on any atom is -0.298 e. The molecule has 0 spiro atoms. The second-order valence-corrected chi connectivity index (χ2v) is 5.04. The molecule has 84 valence electrons. The van der Waals surface area contributed by atoms with Crippen LogP contribution in [0.25, 0.3) is 0 Å². The molecule has 1 saturated carbocycles. The summed E-state index contributed by atoms with van der Waals surface area (Å²) in [7, 11) is 0. The van der Waals surface area contributed by atoms with E-state index >= 15 is 0 Å². The fourth-order valence-electron chi connectivity index (χ4n) is 2.71. The molecule has 1 heterocycles. The Morgan fingerprint density at radius 3 is 2.62 bits per heavy atom. The minimum absolute atomic E-state index is 0.424. The monoisotopic (exact) mass is 215 g/mol. The highest BCUT2D eigenvalue weighted by Crippen LogP contribution is 2.39. The van der Waals surface area contributed by atoms with E-state index in [-0.39, 0.29) is 0 Å². The maximum Gasteiger partial charge on any atom is 0.148 e. The molecule has 0 unspecified atom stereocenters. The number of hydrogen-bond donors (Lipinski definition) is 0. The SMILES string of the molecule is O=C1C[C@H](C2CC2)N(Cc2ccccc2)C1. The molecule has 2 aliphatic rings. The summed E-state index contributed by atoms with van der Waals surface area (Å²) in [6.45, 7) is 1.60. The fraction of sp³-hybridized carbons (Fsp3) is 0.500. The number of hydrogen-bond acceptors (Lipinski definition) is 2. The lowest BCUT2D eigenvalue weighted by atomic mass is 10.1. The Labute approximate surface area is 96.3 Å². The van der Waals surface area contributed by atoms with Gasteiger partial charge in [0.2, 0.25) is 0 Å². The smallest absolute Gasteiger partial charge is 0.148 e. The van der Waals surface area contributed by atoms with Gasteiger partial charge in [0.1, 0.15) is 5.78 Å². The lowest BCUT2D eigenvalue weighted by molar-refractivity contribution is -0.117. The van der Waals surface area contributed by atoms with Crippen molar-refractivity contribution >= 4 is 5.78 Å². The Kier molecular flexibility index (Phi) is 2.52. The Morgan fingerprint density at radius 2 is 1.94 bits per heavy atom. The molecule has 0 aromatic heterocycles. The van der Waals surface area contributed by atoms with Crippen LogP contribution in [0.4, 0.5) is 0 Å². The Hall–Kier alpha value is -1.15. The molecule has 1 saturated heterocycles. The Balaban J connectivity index is 1.71. The molecule has 0 bridgehead atoms. The maximum atomic E-state index is 11.5. The molecule has 2 nitrogen and oxygen atoms in total. The number of Topliss-reactive ketones (excluding diaryl/α,β-unsaturated/α-hetero) is 1. The predicted octanol–water partition coefficient (Wildman–Crippen LogP) is 2.24. The third kappa shape index (κ3) is 2.03. The van der Waals surface area contributed by atoms with E-state index in [1.165, 1.54) is 18.4 Å². The van der Waals surface area contributed by atoms with Gasteiger partial charge >= 0.3 is 0 Å². The van der Waals surface area contributed by atoms with Crippen molar-refractivity contribution in [2.45, 2.75) is 31.8 Å². The number of nitrogens with zero attached hydrogens (tertiary/aromatic N) is 1. The molecule has 1 aromatic carbocycles. The maximum absolute atomic E-state index is 11.5. The van der Waals surface area contributed by atoms with Gasteiger partial charge < -0.3 is 0 Å². The van der Waals surface area contributed by atoms with Gasteiger partial charge in [-0.2, -0.15) is 0 Å². The molecular weight excluding hydrogens is 198 g/mol. The van der Waals surface area contributed by atoms with Crippen molar-refractivity contribution in [2.24, 2.45) is 5.92 Å². The van der Waals surface area contributed by atoms with Crippen molar-refractivity contribution in [3.05, 3.63) is 35.9 Å². The third-order valence-corrected chi connectivity index (χ3v) is 3.68. The second kappa shape index (κ2) is 4.02. The van der Waals surface area contributed by atoms with E-state index in [1.54, 1.807) is 0 Å². The molecule has 1 atom stereocenters. The zero-order valence-electron chi connectivity index (χ0n) is 9.43. The van der Waals surface area contributed by atoms with Crippen LogP contribution in [0.5, 0.6) is 0 Å². The van der Waals surface area contributed by atoms with E-state index in [2.05, 4.69) is 29.2 Å². The summed E-state index contributed by atoms with van der Waals surface area (Å²) in [5, 5.41) is 0. The fourth-order valence-corrected chi connectivity index (χ4v) is 2.71. The van der Waals surface area contributed by atoms with Gasteiger partial charge in [0.05, 0.1) is 6.54 Å². The van der Waals surface area contributed by atoms with E-state index in [4.69, 9.17) is 0 Å². The summed E-state index contributed by atoms with van der Waals surface area (Å²) in [6, 6.07) is 11.0. The van der Waals surface area contributed by atoms with E-state index in [1.807, 2.05) is 6.07 Å². The van der Waals surface area contributed by atoms with Gasteiger partial charge in [-0.1, -0.05) is 30.3 Å². The highest BCUT2D eigenvalue weighted by molar-refractivity contribution is 5.83. The number of carbonyl (C=O) groups is 1. The Bertz CT molecular complexity index is 383. The first-order valence-corrected chi connectivity index (χ1v) is 6.12. The molecule has 1 aliphatic heterocycles. The largest absolute Gasteiger partial charge is 0.298 e. The van der Waals surface area contributed by atoms with Gasteiger partial charge in [-0.05, 0) is 24.3 Å². The number of carbonyl (C=O) groups excluding carboxylic acids is 1. The first-order valence-electron chi connectivity index (χ1n) is 6.12. The number of rotatable bonds is 3. The highest BCUT2D eigenvalue weighted by atomic mass is 16.1. The lowest BCUT2D eigenvalue weighted by Gasteiger charge is -2.23. The molecule has 1 aliphatic carbocycles. The van der Waals surface area contributed by atoms with Crippen LogP contribution in [-0.4, -0.2) is 23.3 Å². The molecule has 0 radical (unpaired) electrons.